The van der Waals surface area contributed by atoms with Gasteiger partial charge in [-0.25, -0.2) is 0 Å². The number of aliphatic hydroxyl groups excluding tert-OH is 8. The van der Waals surface area contributed by atoms with Crippen LogP contribution in [-0.2, 0) is 23.7 Å². The van der Waals surface area contributed by atoms with Crippen LogP contribution in [0.3, 0.4) is 0 Å². The molecule has 2 saturated heterocycles. The Labute approximate surface area is 532 Å². The van der Waals surface area contributed by atoms with Crippen LogP contribution >= 0.6 is 0 Å². The van der Waals surface area contributed by atoms with Crippen molar-refractivity contribution in [2.24, 2.45) is 0 Å². The Morgan fingerprint density at radius 2 is 0.736 bits per heavy atom. The maximum absolute atomic E-state index is 13.3. The number of allylic oxidation sites excluding steroid dienone is 3. The molecule has 0 aromatic rings. The largest absolute Gasteiger partial charge is 0.394 e. The van der Waals surface area contributed by atoms with Gasteiger partial charge in [-0.3, -0.25) is 4.79 Å². The Hall–Kier alpha value is -1.53. The molecule has 14 nitrogen and oxygen atoms in total. The molecule has 2 fully saturated rings. The molecule has 12 atom stereocenters. The Bertz CT molecular complexity index is 1550. The van der Waals surface area contributed by atoms with Crippen molar-refractivity contribution in [3.63, 3.8) is 0 Å². The molecule has 12 unspecified atom stereocenters. The van der Waals surface area contributed by atoms with Crippen LogP contribution in [0.5, 0.6) is 0 Å². The van der Waals surface area contributed by atoms with E-state index in [1.54, 1.807) is 6.08 Å². The van der Waals surface area contributed by atoms with Gasteiger partial charge in [-0.15, -0.1) is 0 Å². The van der Waals surface area contributed by atoms with Crippen LogP contribution < -0.4 is 5.32 Å². The Morgan fingerprint density at radius 3 is 1.13 bits per heavy atom. The standard InChI is InChI=1S/C73H139NO13/c1-3-5-7-9-11-13-15-17-19-21-23-24-25-26-27-28-29-30-31-32-33-34-35-36-37-38-39-41-43-45-47-49-51-53-55-57-65(78)74-61(62(77)56-54-52-50-48-46-44-42-40-22-20-18-16-14-12-10-8-6-4-2)60-84-72-70(83)68(81)71(64(59-76)86-72)87-73-69(82)67(80)66(79)63(58-75)85-73/h46,48,54,56,61-64,66-73,75-77,79-83H,3-45,47,49-53,55,57-60H2,1-2H3,(H,74,78)/b48-46+,56-54+. The van der Waals surface area contributed by atoms with Gasteiger partial charge < -0.3 is 65.1 Å². The summed E-state index contributed by atoms with van der Waals surface area (Å²) in [4.78, 5) is 13.3. The maximum atomic E-state index is 13.3. The normalized spacial score (nSPS) is 23.3. The van der Waals surface area contributed by atoms with E-state index < -0.39 is 86.8 Å². The second-order valence-electron chi connectivity index (χ2n) is 26.4. The van der Waals surface area contributed by atoms with Crippen molar-refractivity contribution >= 4 is 5.91 Å². The summed E-state index contributed by atoms with van der Waals surface area (Å²) in [5, 5.41) is 87.4. The predicted molar refractivity (Wildman–Crippen MR) is 355 cm³/mol. The van der Waals surface area contributed by atoms with Crippen LogP contribution in [0.2, 0.25) is 0 Å². The third-order valence-corrected chi connectivity index (χ3v) is 18.4. The molecule has 0 aromatic carbocycles. The quantitative estimate of drug-likeness (QED) is 0.0204. The van der Waals surface area contributed by atoms with Gasteiger partial charge in [0.25, 0.3) is 0 Å². The molecule has 2 aliphatic rings. The minimum absolute atomic E-state index is 0.241. The number of amides is 1. The van der Waals surface area contributed by atoms with E-state index in [9.17, 15) is 45.6 Å². The van der Waals surface area contributed by atoms with Gasteiger partial charge in [-0.1, -0.05) is 327 Å². The van der Waals surface area contributed by atoms with Gasteiger partial charge in [0, 0.05) is 6.42 Å². The molecule has 0 bridgehead atoms. The topological polar surface area (TPSA) is 228 Å². The van der Waals surface area contributed by atoms with Crippen LogP contribution in [0.25, 0.3) is 0 Å². The highest BCUT2D eigenvalue weighted by Gasteiger charge is 2.51. The monoisotopic (exact) mass is 1240 g/mol. The average molecular weight is 1240 g/mol. The van der Waals surface area contributed by atoms with E-state index in [0.29, 0.717) is 12.8 Å². The number of carbonyl (C=O) groups excluding carboxylic acids is 1. The van der Waals surface area contributed by atoms with E-state index in [1.807, 2.05) is 6.08 Å². The van der Waals surface area contributed by atoms with Gasteiger partial charge in [-0.05, 0) is 32.1 Å². The summed E-state index contributed by atoms with van der Waals surface area (Å²) in [7, 11) is 0. The third-order valence-electron chi connectivity index (χ3n) is 18.4. The first-order valence-electron chi connectivity index (χ1n) is 37.1. The van der Waals surface area contributed by atoms with Crippen molar-refractivity contribution in [1.82, 2.24) is 5.32 Å². The number of ether oxygens (including phenoxy) is 4. The van der Waals surface area contributed by atoms with Gasteiger partial charge in [0.05, 0.1) is 32.0 Å². The van der Waals surface area contributed by atoms with Crippen molar-refractivity contribution in [3.8, 4) is 0 Å². The van der Waals surface area contributed by atoms with E-state index >= 15 is 0 Å². The summed E-state index contributed by atoms with van der Waals surface area (Å²) in [6.45, 7) is 2.83. The second-order valence-corrected chi connectivity index (χ2v) is 26.4. The third kappa shape index (κ3) is 42.4. The van der Waals surface area contributed by atoms with Crippen LogP contribution in [0.4, 0.5) is 0 Å². The second kappa shape index (κ2) is 58.3. The summed E-state index contributed by atoms with van der Waals surface area (Å²) >= 11 is 0. The smallest absolute Gasteiger partial charge is 0.220 e. The van der Waals surface area contributed by atoms with Crippen molar-refractivity contribution in [2.75, 3.05) is 19.8 Å². The lowest BCUT2D eigenvalue weighted by atomic mass is 9.97. The molecule has 2 aliphatic heterocycles. The molecule has 87 heavy (non-hydrogen) atoms. The number of unbranched alkanes of at least 4 members (excludes halogenated alkanes) is 47. The lowest BCUT2D eigenvalue weighted by Crippen LogP contribution is -2.65. The van der Waals surface area contributed by atoms with Gasteiger partial charge in [0.15, 0.2) is 12.6 Å². The van der Waals surface area contributed by atoms with E-state index in [2.05, 4.69) is 31.3 Å². The van der Waals surface area contributed by atoms with E-state index in [1.165, 1.54) is 276 Å². The molecule has 0 radical (unpaired) electrons. The average Bonchev–Trinajstić information content (AvgIpc) is 1.44. The van der Waals surface area contributed by atoms with Crippen molar-refractivity contribution in [3.05, 3.63) is 24.3 Å². The Kier molecular flexibility index (Phi) is 54.7. The highest BCUT2D eigenvalue weighted by atomic mass is 16.7. The van der Waals surface area contributed by atoms with E-state index in [0.717, 1.165) is 32.1 Å². The molecule has 2 heterocycles. The fourth-order valence-electron chi connectivity index (χ4n) is 12.5. The molecule has 1 amide bonds. The Morgan fingerprint density at radius 1 is 0.402 bits per heavy atom. The first-order chi connectivity index (χ1) is 42.6. The minimum Gasteiger partial charge on any atom is -0.394 e. The zero-order valence-corrected chi connectivity index (χ0v) is 56.0. The van der Waals surface area contributed by atoms with E-state index in [-0.39, 0.29) is 18.9 Å². The summed E-state index contributed by atoms with van der Waals surface area (Å²) < 4.78 is 22.8. The van der Waals surface area contributed by atoms with Gasteiger partial charge in [0.1, 0.15) is 48.8 Å². The van der Waals surface area contributed by atoms with Crippen LogP contribution in [0.15, 0.2) is 24.3 Å². The van der Waals surface area contributed by atoms with Crippen LogP contribution in [0.1, 0.15) is 341 Å². The SMILES string of the molecule is CCCCCCCCCCCCCC/C=C/CC/C=C/C(O)C(COC1OC(CO)C(OC2OC(CO)C(O)C(O)C2O)C(O)C1O)NC(=O)CCCCCCCCCCCCCCCCCCCCCCCCCCCCCCCCCCCCC. The molecule has 0 spiro atoms. The number of nitrogens with one attached hydrogen (secondary N) is 1. The van der Waals surface area contributed by atoms with Crippen molar-refractivity contribution < 1.29 is 64.6 Å². The molecule has 514 valence electrons. The first kappa shape index (κ1) is 81.6. The summed E-state index contributed by atoms with van der Waals surface area (Å²) in [6, 6.07) is -0.929. The predicted octanol–water partition coefficient (Wildman–Crippen LogP) is 15.5. The zero-order chi connectivity index (χ0) is 63.1. The zero-order valence-electron chi connectivity index (χ0n) is 56.0. The fraction of sp³-hybridized carbons (Fsp3) is 0.932. The van der Waals surface area contributed by atoms with Gasteiger partial charge >= 0.3 is 0 Å². The molecule has 0 aliphatic carbocycles. The lowest BCUT2D eigenvalue weighted by molar-refractivity contribution is -0.359. The highest BCUT2D eigenvalue weighted by Crippen LogP contribution is 2.30. The minimum atomic E-state index is -1.79. The molecule has 0 aromatic heterocycles. The summed E-state index contributed by atoms with van der Waals surface area (Å²) in [5.74, 6) is -0.241. The molecular weight excluding hydrogens is 1100 g/mol. The summed E-state index contributed by atoms with van der Waals surface area (Å²) in [5.41, 5.74) is 0. The summed E-state index contributed by atoms with van der Waals surface area (Å²) in [6.07, 6.45) is 57.0. The molecular formula is C73H139NO13. The molecule has 9 N–H and O–H groups in total. The fourth-order valence-corrected chi connectivity index (χ4v) is 12.5. The molecule has 2 rings (SSSR count). The van der Waals surface area contributed by atoms with Crippen molar-refractivity contribution in [2.45, 2.75) is 415 Å². The highest BCUT2D eigenvalue weighted by molar-refractivity contribution is 5.76. The van der Waals surface area contributed by atoms with Gasteiger partial charge in [0.2, 0.25) is 5.91 Å². The number of hydrogen-bond donors (Lipinski definition) is 9. The van der Waals surface area contributed by atoms with Gasteiger partial charge in [-0.2, -0.15) is 0 Å². The maximum Gasteiger partial charge on any atom is 0.220 e. The van der Waals surface area contributed by atoms with E-state index in [4.69, 9.17) is 18.9 Å². The molecule has 14 heteroatoms. The number of carbonyl (C=O) groups is 1. The first-order valence-corrected chi connectivity index (χ1v) is 37.1. The number of aliphatic hydroxyl groups is 8. The van der Waals surface area contributed by atoms with Crippen LogP contribution in [0, 0.1) is 0 Å². The molecule has 0 saturated carbocycles. The van der Waals surface area contributed by atoms with Crippen molar-refractivity contribution in [1.29, 1.82) is 0 Å². The Balaban J connectivity index is 1.60. The number of rotatable bonds is 62. The van der Waals surface area contributed by atoms with Crippen LogP contribution in [-0.4, -0.2) is 140 Å². The number of hydrogen-bond acceptors (Lipinski definition) is 13. The lowest BCUT2D eigenvalue weighted by Gasteiger charge is -2.46.